The van der Waals surface area contributed by atoms with Crippen molar-refractivity contribution in [3.63, 3.8) is 0 Å². The summed E-state index contributed by atoms with van der Waals surface area (Å²) in [5.41, 5.74) is 2.73. The van der Waals surface area contributed by atoms with Gasteiger partial charge in [-0.05, 0) is 61.4 Å². The van der Waals surface area contributed by atoms with Gasteiger partial charge in [0, 0.05) is 35.7 Å². The number of aliphatic hydroxyl groups excluding tert-OH is 1. The zero-order chi connectivity index (χ0) is 28.1. The summed E-state index contributed by atoms with van der Waals surface area (Å²) in [7, 11) is -4.81. The minimum atomic E-state index is -4.81. The minimum absolute atomic E-state index is 0.0195. The van der Waals surface area contributed by atoms with E-state index in [0.29, 0.717) is 16.9 Å². The third kappa shape index (κ3) is 4.88. The predicted octanol–water partition coefficient (Wildman–Crippen LogP) is 3.58. The number of pyridine rings is 3. The molecule has 12 heteroatoms. The molecule has 0 atom stereocenters. The number of alkyl halides is 2. The van der Waals surface area contributed by atoms with Gasteiger partial charge < -0.3 is 15.3 Å². The molecule has 1 saturated heterocycles. The van der Waals surface area contributed by atoms with Crippen LogP contribution in [0.3, 0.4) is 0 Å². The number of nitrogens with one attached hydrogen (secondary N) is 1. The van der Waals surface area contributed by atoms with Crippen LogP contribution < -0.4 is 10.2 Å². The zero-order valence-corrected chi connectivity index (χ0v) is 22.0. The molecule has 1 aliphatic carbocycles. The fraction of sp³-hybridized carbons (Fsp3) is 0.286. The number of anilines is 1. The topological polar surface area (TPSA) is 125 Å². The summed E-state index contributed by atoms with van der Waals surface area (Å²) in [5.74, 6) is -3.33. The number of aliphatic hydroxyl groups is 1. The van der Waals surface area contributed by atoms with Crippen LogP contribution in [0.15, 0.2) is 71.8 Å². The van der Waals surface area contributed by atoms with Crippen molar-refractivity contribution in [3.05, 3.63) is 78.1 Å². The largest absolute Gasteiger partial charge is 0.393 e. The van der Waals surface area contributed by atoms with Gasteiger partial charge in [-0.3, -0.25) is 9.78 Å². The van der Waals surface area contributed by atoms with E-state index in [1.807, 2.05) is 30.3 Å². The van der Waals surface area contributed by atoms with Crippen LogP contribution in [-0.2, 0) is 16.4 Å². The van der Waals surface area contributed by atoms with Gasteiger partial charge in [0.1, 0.15) is 5.82 Å². The molecule has 1 amide bonds. The Morgan fingerprint density at radius 3 is 2.55 bits per heavy atom. The molecular formula is C28H25F2N5O4S. The van der Waals surface area contributed by atoms with Gasteiger partial charge in [-0.15, -0.1) is 0 Å². The molecule has 206 valence electrons. The van der Waals surface area contributed by atoms with Crippen LogP contribution in [-0.4, -0.2) is 59.3 Å². The van der Waals surface area contributed by atoms with Gasteiger partial charge in [-0.25, -0.2) is 18.4 Å². The van der Waals surface area contributed by atoms with E-state index in [1.54, 1.807) is 12.3 Å². The van der Waals surface area contributed by atoms with Gasteiger partial charge in [0.15, 0.2) is 0 Å². The molecule has 3 aromatic heterocycles. The molecule has 2 fully saturated rings. The van der Waals surface area contributed by atoms with Crippen molar-refractivity contribution in [2.45, 2.75) is 36.1 Å². The first-order valence-corrected chi connectivity index (χ1v) is 14.2. The van der Waals surface area contributed by atoms with Gasteiger partial charge in [0.25, 0.3) is 5.91 Å². The third-order valence-electron chi connectivity index (χ3n) is 7.43. The fourth-order valence-corrected chi connectivity index (χ4v) is 6.12. The second kappa shape index (κ2) is 9.86. The maximum atomic E-state index is 12.9. The number of carbonyl (C=O) groups is 1. The molecule has 0 bridgehead atoms. The first-order chi connectivity index (χ1) is 19.1. The van der Waals surface area contributed by atoms with Gasteiger partial charge in [0.2, 0.25) is 9.84 Å². The quantitative estimate of drug-likeness (QED) is 0.348. The van der Waals surface area contributed by atoms with Crippen LogP contribution in [0.5, 0.6) is 0 Å². The van der Waals surface area contributed by atoms with Gasteiger partial charge in [-0.2, -0.15) is 8.78 Å². The SMILES string of the molecule is O=C(NCc1cc2nc(-c3cccc(N4CC5(CC(O)C5)C4)n3)ccc2cn1)c1cccc(S(=O)(=O)C(F)F)c1. The summed E-state index contributed by atoms with van der Waals surface area (Å²) < 4.78 is 49.3. The number of nitrogens with zero attached hydrogens (tertiary/aromatic N) is 4. The summed E-state index contributed by atoms with van der Waals surface area (Å²) >= 11 is 0. The lowest BCUT2D eigenvalue weighted by atomic mass is 9.62. The van der Waals surface area contributed by atoms with Gasteiger partial charge in [0.05, 0.1) is 40.1 Å². The molecule has 4 aromatic rings. The minimum Gasteiger partial charge on any atom is -0.393 e. The normalized spacial score (nSPS) is 16.6. The van der Waals surface area contributed by atoms with E-state index in [9.17, 15) is 27.1 Å². The summed E-state index contributed by atoms with van der Waals surface area (Å²) in [6, 6.07) is 15.8. The highest BCUT2D eigenvalue weighted by atomic mass is 32.2. The van der Waals surface area contributed by atoms with Gasteiger partial charge in [-0.1, -0.05) is 12.1 Å². The van der Waals surface area contributed by atoms with Crippen LogP contribution in [0, 0.1) is 5.41 Å². The Hall–Kier alpha value is -4.03. The number of hydrogen-bond acceptors (Lipinski definition) is 8. The van der Waals surface area contributed by atoms with Crippen molar-refractivity contribution in [2.75, 3.05) is 18.0 Å². The molecule has 4 heterocycles. The van der Waals surface area contributed by atoms with Crippen molar-refractivity contribution in [1.29, 1.82) is 0 Å². The lowest BCUT2D eigenvalue weighted by Crippen LogP contribution is -2.64. The van der Waals surface area contributed by atoms with E-state index in [0.717, 1.165) is 55.0 Å². The molecule has 9 nitrogen and oxygen atoms in total. The Morgan fingerprint density at radius 1 is 1.05 bits per heavy atom. The highest BCUT2D eigenvalue weighted by Gasteiger charge is 2.52. The van der Waals surface area contributed by atoms with E-state index in [2.05, 4.69) is 15.2 Å². The van der Waals surface area contributed by atoms with E-state index in [1.165, 1.54) is 12.1 Å². The second-order valence-electron chi connectivity index (χ2n) is 10.4. The fourth-order valence-electron chi connectivity index (χ4n) is 5.35. The van der Waals surface area contributed by atoms with Crippen molar-refractivity contribution >= 4 is 32.5 Å². The third-order valence-corrected chi connectivity index (χ3v) is 8.81. The van der Waals surface area contributed by atoms with Crippen molar-refractivity contribution in [3.8, 4) is 11.4 Å². The summed E-state index contributed by atoms with van der Waals surface area (Å²) in [5, 5.41) is 13.1. The predicted molar refractivity (Wildman–Crippen MR) is 143 cm³/mol. The molecular weight excluding hydrogens is 540 g/mol. The first kappa shape index (κ1) is 26.2. The second-order valence-corrected chi connectivity index (χ2v) is 12.3. The summed E-state index contributed by atoms with van der Waals surface area (Å²) in [6.45, 7) is 1.79. The summed E-state index contributed by atoms with van der Waals surface area (Å²) in [4.78, 5) is 28.1. The van der Waals surface area contributed by atoms with E-state index in [4.69, 9.17) is 9.97 Å². The van der Waals surface area contributed by atoms with E-state index in [-0.39, 0.29) is 23.6 Å². The standard InChI is InChI=1S/C28H25F2N5O4S/c29-27(30)40(38,39)21-4-1-3-17(9-21)26(37)32-14-19-10-24-18(13-31-19)7-8-23(33-24)22-5-2-6-25(34-22)35-15-28(16-35)11-20(36)12-28/h1-10,13,20,27,36H,11-12,14-16H2,(H,32,37). The Balaban J connectivity index is 1.16. The van der Waals surface area contributed by atoms with E-state index >= 15 is 0 Å². The number of fused-ring (bicyclic) bond motifs is 1. The Labute approximate surface area is 228 Å². The smallest absolute Gasteiger partial charge is 0.341 e. The van der Waals surface area contributed by atoms with Crippen molar-refractivity contribution in [2.24, 2.45) is 5.41 Å². The molecule has 2 aliphatic rings. The average molecular weight is 566 g/mol. The van der Waals surface area contributed by atoms with Crippen molar-refractivity contribution < 1.29 is 27.1 Å². The zero-order valence-electron chi connectivity index (χ0n) is 21.2. The molecule has 2 N–H and O–H groups in total. The number of sulfone groups is 1. The average Bonchev–Trinajstić information content (AvgIpc) is 2.92. The molecule has 6 rings (SSSR count). The molecule has 0 unspecified atom stereocenters. The van der Waals surface area contributed by atoms with E-state index < -0.39 is 26.4 Å². The molecule has 1 spiro atoms. The Kier molecular flexibility index (Phi) is 6.46. The number of rotatable bonds is 7. The van der Waals surface area contributed by atoms with Crippen LogP contribution in [0.4, 0.5) is 14.6 Å². The lowest BCUT2D eigenvalue weighted by Gasteiger charge is -2.58. The lowest BCUT2D eigenvalue weighted by molar-refractivity contribution is -0.0494. The molecule has 40 heavy (non-hydrogen) atoms. The van der Waals surface area contributed by atoms with Crippen LogP contribution in [0.2, 0.25) is 0 Å². The number of amides is 1. The van der Waals surface area contributed by atoms with Crippen LogP contribution in [0.25, 0.3) is 22.3 Å². The molecule has 1 aliphatic heterocycles. The highest BCUT2D eigenvalue weighted by molar-refractivity contribution is 7.91. The number of hydrogen-bond donors (Lipinski definition) is 2. The number of carbonyl (C=O) groups excluding carboxylic acids is 1. The summed E-state index contributed by atoms with van der Waals surface area (Å²) in [6.07, 6.45) is 3.15. The Bertz CT molecular complexity index is 1720. The van der Waals surface area contributed by atoms with Crippen molar-refractivity contribution in [1.82, 2.24) is 20.3 Å². The van der Waals surface area contributed by atoms with Crippen LogP contribution >= 0.6 is 0 Å². The maximum Gasteiger partial charge on any atom is 0.341 e. The number of aromatic nitrogens is 3. The highest BCUT2D eigenvalue weighted by Crippen LogP contribution is 2.49. The maximum absolute atomic E-state index is 12.9. The van der Waals surface area contributed by atoms with Gasteiger partial charge >= 0.3 is 5.76 Å². The van der Waals surface area contributed by atoms with Crippen LogP contribution in [0.1, 0.15) is 28.9 Å². The molecule has 0 radical (unpaired) electrons. The molecule has 1 aromatic carbocycles. The monoisotopic (exact) mass is 565 g/mol. The Morgan fingerprint density at radius 2 is 1.80 bits per heavy atom. The number of halogens is 2. The molecule has 1 saturated carbocycles. The number of benzene rings is 1. The first-order valence-electron chi connectivity index (χ1n) is 12.7.